The second-order valence-electron chi connectivity index (χ2n) is 6.25. The van der Waals surface area contributed by atoms with Crippen molar-refractivity contribution in [2.75, 3.05) is 0 Å². The van der Waals surface area contributed by atoms with E-state index in [-0.39, 0.29) is 24.2 Å². The van der Waals surface area contributed by atoms with Gasteiger partial charge in [-0.3, -0.25) is 14.5 Å². The van der Waals surface area contributed by atoms with E-state index < -0.39 is 11.7 Å². The molecule has 26 heavy (non-hydrogen) atoms. The van der Waals surface area contributed by atoms with Crippen LogP contribution in [0.5, 0.6) is 0 Å². The standard InChI is InChI=1S/C18H17F3N4O/c1-11(2)23-17(26)16-14-10-25(24-15(14)6-7-22-16)9-12-4-3-5-13(8-12)18(19,20)21/h3-8,10-11H,9H2,1-2H3,(H,23,26). The summed E-state index contributed by atoms with van der Waals surface area (Å²) in [6.45, 7) is 3.84. The van der Waals surface area contributed by atoms with Crippen LogP contribution < -0.4 is 5.32 Å². The number of halogens is 3. The quantitative estimate of drug-likeness (QED) is 0.771. The van der Waals surface area contributed by atoms with Crippen LogP contribution in [0.2, 0.25) is 0 Å². The monoisotopic (exact) mass is 362 g/mol. The van der Waals surface area contributed by atoms with E-state index in [2.05, 4.69) is 15.4 Å². The predicted octanol–water partition coefficient (Wildman–Crippen LogP) is 3.64. The molecule has 0 aliphatic heterocycles. The summed E-state index contributed by atoms with van der Waals surface area (Å²) < 4.78 is 40.0. The van der Waals surface area contributed by atoms with Crippen LogP contribution >= 0.6 is 0 Å². The van der Waals surface area contributed by atoms with Crippen LogP contribution in [0.4, 0.5) is 13.2 Å². The summed E-state index contributed by atoms with van der Waals surface area (Å²) in [7, 11) is 0. The number of amides is 1. The summed E-state index contributed by atoms with van der Waals surface area (Å²) in [5.41, 5.74) is 0.562. The number of aromatic nitrogens is 3. The van der Waals surface area contributed by atoms with E-state index in [0.29, 0.717) is 16.5 Å². The number of hydrogen-bond donors (Lipinski definition) is 1. The second-order valence-corrected chi connectivity index (χ2v) is 6.25. The average molecular weight is 362 g/mol. The SMILES string of the molecule is CC(C)NC(=O)c1nccc2nn(Cc3cccc(C(F)(F)F)c3)cc12. The Labute approximate surface area is 147 Å². The zero-order valence-corrected chi connectivity index (χ0v) is 14.2. The van der Waals surface area contributed by atoms with Crippen LogP contribution in [0.1, 0.15) is 35.5 Å². The Balaban J connectivity index is 1.92. The molecule has 0 aliphatic rings. The maximum absolute atomic E-state index is 12.8. The van der Waals surface area contributed by atoms with E-state index in [9.17, 15) is 18.0 Å². The van der Waals surface area contributed by atoms with Crippen LogP contribution in [0.15, 0.2) is 42.7 Å². The minimum absolute atomic E-state index is 0.0419. The van der Waals surface area contributed by atoms with E-state index in [1.165, 1.54) is 16.9 Å². The van der Waals surface area contributed by atoms with E-state index in [4.69, 9.17) is 0 Å². The molecule has 0 unspecified atom stereocenters. The smallest absolute Gasteiger partial charge is 0.349 e. The summed E-state index contributed by atoms with van der Waals surface area (Å²) in [5, 5.41) is 7.66. The predicted molar refractivity (Wildman–Crippen MR) is 90.7 cm³/mol. The number of rotatable bonds is 4. The molecule has 0 fully saturated rings. The van der Waals surface area contributed by atoms with Crippen molar-refractivity contribution in [2.24, 2.45) is 0 Å². The number of pyridine rings is 1. The lowest BCUT2D eigenvalue weighted by atomic mass is 10.1. The summed E-state index contributed by atoms with van der Waals surface area (Å²) in [4.78, 5) is 16.4. The maximum atomic E-state index is 12.8. The Morgan fingerprint density at radius 3 is 2.73 bits per heavy atom. The molecule has 0 aliphatic carbocycles. The summed E-state index contributed by atoms with van der Waals surface area (Å²) >= 11 is 0. The van der Waals surface area contributed by atoms with Crippen molar-refractivity contribution in [1.82, 2.24) is 20.1 Å². The first-order chi connectivity index (χ1) is 12.2. The molecule has 0 bridgehead atoms. The molecule has 1 aromatic carbocycles. The van der Waals surface area contributed by atoms with E-state index in [1.807, 2.05) is 13.8 Å². The van der Waals surface area contributed by atoms with E-state index in [0.717, 1.165) is 12.1 Å². The van der Waals surface area contributed by atoms with Gasteiger partial charge in [0.2, 0.25) is 0 Å². The summed E-state index contributed by atoms with van der Waals surface area (Å²) in [6.07, 6.45) is -1.28. The number of hydrogen-bond acceptors (Lipinski definition) is 3. The summed E-state index contributed by atoms with van der Waals surface area (Å²) in [6, 6.07) is 6.71. The number of nitrogens with one attached hydrogen (secondary N) is 1. The molecule has 2 aromatic heterocycles. The highest BCUT2D eigenvalue weighted by Gasteiger charge is 2.30. The zero-order valence-electron chi connectivity index (χ0n) is 14.2. The molecule has 0 spiro atoms. The van der Waals surface area contributed by atoms with Crippen LogP contribution in [0.25, 0.3) is 10.9 Å². The molecule has 0 atom stereocenters. The molecule has 2 heterocycles. The number of alkyl halides is 3. The van der Waals surface area contributed by atoms with Crippen molar-refractivity contribution in [3.63, 3.8) is 0 Å². The minimum atomic E-state index is -4.39. The number of carbonyl (C=O) groups excluding carboxylic acids is 1. The Morgan fingerprint density at radius 2 is 2.04 bits per heavy atom. The third kappa shape index (κ3) is 3.84. The number of fused-ring (bicyclic) bond motifs is 1. The van der Waals surface area contributed by atoms with Crippen molar-refractivity contribution in [1.29, 1.82) is 0 Å². The van der Waals surface area contributed by atoms with E-state index >= 15 is 0 Å². The first-order valence-electron chi connectivity index (χ1n) is 8.03. The first kappa shape index (κ1) is 17.9. The lowest BCUT2D eigenvalue weighted by Gasteiger charge is -2.08. The third-order valence-corrected chi connectivity index (χ3v) is 3.72. The van der Waals surface area contributed by atoms with Gasteiger partial charge in [0.1, 0.15) is 5.69 Å². The summed E-state index contributed by atoms with van der Waals surface area (Å²) in [5.74, 6) is -0.316. The van der Waals surface area contributed by atoms with Crippen LogP contribution in [-0.4, -0.2) is 26.7 Å². The highest BCUT2D eigenvalue weighted by Crippen LogP contribution is 2.29. The fourth-order valence-corrected chi connectivity index (χ4v) is 2.62. The van der Waals surface area contributed by atoms with Gasteiger partial charge in [-0.2, -0.15) is 18.3 Å². The molecule has 136 valence electrons. The Bertz CT molecular complexity index is 947. The van der Waals surface area contributed by atoms with Crippen LogP contribution in [0, 0.1) is 0 Å². The molecule has 8 heteroatoms. The molecule has 0 radical (unpaired) electrons. The lowest BCUT2D eigenvalue weighted by Crippen LogP contribution is -2.30. The number of carbonyl (C=O) groups is 1. The van der Waals surface area contributed by atoms with Crippen molar-refractivity contribution in [3.05, 3.63) is 59.5 Å². The topological polar surface area (TPSA) is 59.8 Å². The van der Waals surface area contributed by atoms with Crippen LogP contribution in [0.3, 0.4) is 0 Å². The Morgan fingerprint density at radius 1 is 1.27 bits per heavy atom. The van der Waals surface area contributed by atoms with Gasteiger partial charge >= 0.3 is 6.18 Å². The van der Waals surface area contributed by atoms with Gasteiger partial charge in [-0.1, -0.05) is 12.1 Å². The molecule has 3 aromatic rings. The fraction of sp³-hybridized carbons (Fsp3) is 0.278. The molecular weight excluding hydrogens is 345 g/mol. The molecule has 1 N–H and O–H groups in total. The van der Waals surface area contributed by atoms with Gasteiger partial charge in [0.25, 0.3) is 5.91 Å². The molecule has 0 saturated heterocycles. The average Bonchev–Trinajstić information content (AvgIpc) is 2.95. The molecule has 1 amide bonds. The molecule has 5 nitrogen and oxygen atoms in total. The molecular formula is C18H17F3N4O. The number of nitrogens with zero attached hydrogens (tertiary/aromatic N) is 3. The lowest BCUT2D eigenvalue weighted by molar-refractivity contribution is -0.137. The van der Waals surface area contributed by atoms with Gasteiger partial charge in [-0.25, -0.2) is 0 Å². The van der Waals surface area contributed by atoms with Gasteiger partial charge in [0.15, 0.2) is 0 Å². The largest absolute Gasteiger partial charge is 0.416 e. The van der Waals surface area contributed by atoms with Crippen LogP contribution in [-0.2, 0) is 12.7 Å². The van der Waals surface area contributed by atoms with E-state index in [1.54, 1.807) is 18.3 Å². The zero-order chi connectivity index (χ0) is 18.9. The first-order valence-corrected chi connectivity index (χ1v) is 8.03. The third-order valence-electron chi connectivity index (χ3n) is 3.72. The highest BCUT2D eigenvalue weighted by atomic mass is 19.4. The molecule has 3 rings (SSSR count). The highest BCUT2D eigenvalue weighted by molar-refractivity contribution is 6.04. The van der Waals surface area contributed by atoms with Gasteiger partial charge in [-0.05, 0) is 37.6 Å². The van der Waals surface area contributed by atoms with Gasteiger partial charge in [0, 0.05) is 18.4 Å². The van der Waals surface area contributed by atoms with Crippen molar-refractivity contribution >= 4 is 16.8 Å². The normalized spacial score (nSPS) is 11.9. The number of benzene rings is 1. The Kier molecular flexibility index (Phi) is 4.67. The Hall–Kier alpha value is -2.90. The van der Waals surface area contributed by atoms with Crippen molar-refractivity contribution in [2.45, 2.75) is 32.6 Å². The van der Waals surface area contributed by atoms with Gasteiger partial charge in [0.05, 0.1) is 23.0 Å². The fourth-order valence-electron chi connectivity index (χ4n) is 2.62. The maximum Gasteiger partial charge on any atom is 0.416 e. The minimum Gasteiger partial charge on any atom is -0.349 e. The van der Waals surface area contributed by atoms with Gasteiger partial charge in [-0.15, -0.1) is 0 Å². The van der Waals surface area contributed by atoms with Gasteiger partial charge < -0.3 is 5.32 Å². The second kappa shape index (κ2) is 6.78. The van der Waals surface area contributed by atoms with Crippen molar-refractivity contribution < 1.29 is 18.0 Å². The molecule has 0 saturated carbocycles. The van der Waals surface area contributed by atoms with Crippen molar-refractivity contribution in [3.8, 4) is 0 Å².